The molecule has 1 fully saturated rings. The molecule has 2 aromatic carbocycles. The lowest BCUT2D eigenvalue weighted by Crippen LogP contribution is -2.30. The van der Waals surface area contributed by atoms with E-state index in [4.69, 9.17) is 14.1 Å². The molecule has 0 amide bonds. The van der Waals surface area contributed by atoms with E-state index in [1.165, 1.54) is 11.1 Å². The zero-order valence-electron chi connectivity index (χ0n) is 15.0. The van der Waals surface area contributed by atoms with Gasteiger partial charge in [-0.3, -0.25) is 5.43 Å². The smallest absolute Gasteiger partial charge is 0.231 e. The van der Waals surface area contributed by atoms with Crippen molar-refractivity contribution in [3.63, 3.8) is 0 Å². The zero-order chi connectivity index (χ0) is 18.2. The second kappa shape index (κ2) is 6.80. The average molecular weight is 367 g/mol. The van der Waals surface area contributed by atoms with Crippen LogP contribution in [-0.4, -0.2) is 42.1 Å². The maximum Gasteiger partial charge on any atom is 0.231 e. The first-order valence-electron chi connectivity index (χ1n) is 9.04. The van der Waals surface area contributed by atoms with E-state index < -0.39 is 0 Å². The van der Waals surface area contributed by atoms with E-state index in [1.807, 2.05) is 18.2 Å². The third-order valence-electron chi connectivity index (χ3n) is 5.17. The van der Waals surface area contributed by atoms with Gasteiger partial charge in [-0.05, 0) is 52.8 Å². The fourth-order valence-electron chi connectivity index (χ4n) is 3.87. The van der Waals surface area contributed by atoms with Crippen LogP contribution in [0.25, 0.3) is 11.0 Å². The van der Waals surface area contributed by atoms with Crippen molar-refractivity contribution >= 4 is 11.0 Å². The van der Waals surface area contributed by atoms with Gasteiger partial charge in [-0.15, -0.1) is 0 Å². The Morgan fingerprint density at radius 3 is 2.93 bits per heavy atom. The Morgan fingerprint density at radius 2 is 1.96 bits per heavy atom. The molecule has 2 unspecified atom stereocenters. The van der Waals surface area contributed by atoms with Crippen LogP contribution in [0.5, 0.6) is 11.5 Å². The number of nitrogens with one attached hydrogen (secondary N) is 2. The number of ether oxygens (including phenoxy) is 2. The van der Waals surface area contributed by atoms with Crippen molar-refractivity contribution in [3.05, 3.63) is 47.5 Å². The molecule has 0 aliphatic carbocycles. The maximum absolute atomic E-state index is 5.52. The predicted octanol–water partition coefficient (Wildman–Crippen LogP) is 1.85. The van der Waals surface area contributed by atoms with Gasteiger partial charge in [0.25, 0.3) is 0 Å². The third-order valence-corrected chi connectivity index (χ3v) is 5.17. The van der Waals surface area contributed by atoms with Crippen molar-refractivity contribution in [2.24, 2.45) is 5.92 Å². The number of hydrazine groups is 1. The fourth-order valence-corrected chi connectivity index (χ4v) is 3.87. The second-order valence-corrected chi connectivity index (χ2v) is 7.16. The van der Waals surface area contributed by atoms with Crippen LogP contribution < -0.4 is 20.3 Å². The highest BCUT2D eigenvalue weighted by Gasteiger charge is 2.30. The van der Waals surface area contributed by atoms with Gasteiger partial charge in [-0.1, -0.05) is 12.1 Å². The van der Waals surface area contributed by atoms with Crippen LogP contribution in [0.4, 0.5) is 0 Å². The number of hydrogen-bond acceptors (Lipinski definition) is 8. The summed E-state index contributed by atoms with van der Waals surface area (Å²) < 4.78 is 15.7. The highest BCUT2D eigenvalue weighted by molar-refractivity contribution is 5.73. The lowest BCUT2D eigenvalue weighted by molar-refractivity contribution is 0.174. The van der Waals surface area contributed by atoms with Gasteiger partial charge in [0.05, 0.1) is 6.04 Å². The van der Waals surface area contributed by atoms with Crippen molar-refractivity contribution in [1.29, 1.82) is 0 Å². The summed E-state index contributed by atoms with van der Waals surface area (Å²) in [6, 6.07) is 12.4. The van der Waals surface area contributed by atoms with Gasteiger partial charge in [0.15, 0.2) is 11.5 Å². The minimum atomic E-state index is 0.226. The maximum atomic E-state index is 5.52. The van der Waals surface area contributed by atoms with Gasteiger partial charge >= 0.3 is 0 Å². The average Bonchev–Trinajstić information content (AvgIpc) is 3.40. The third kappa shape index (κ3) is 3.23. The Labute approximate surface area is 156 Å². The van der Waals surface area contributed by atoms with Gasteiger partial charge in [0.1, 0.15) is 11.0 Å². The molecule has 0 spiro atoms. The molecule has 0 radical (unpaired) electrons. The van der Waals surface area contributed by atoms with Crippen LogP contribution >= 0.6 is 0 Å². The van der Waals surface area contributed by atoms with Crippen LogP contribution in [0.2, 0.25) is 0 Å². The SMILES string of the molecule is CN(Cc1ccc2nonc2c1)CC1CNNC1c1ccc2c(c1)OCO2. The molecule has 27 heavy (non-hydrogen) atoms. The van der Waals surface area contributed by atoms with E-state index in [0.29, 0.717) is 12.7 Å². The van der Waals surface area contributed by atoms with E-state index in [1.54, 1.807) is 0 Å². The minimum absolute atomic E-state index is 0.226. The van der Waals surface area contributed by atoms with E-state index in [2.05, 4.69) is 51.3 Å². The van der Waals surface area contributed by atoms with Crippen molar-refractivity contribution in [3.8, 4) is 11.5 Å². The van der Waals surface area contributed by atoms with Gasteiger partial charge < -0.3 is 14.4 Å². The summed E-state index contributed by atoms with van der Waals surface area (Å²) in [7, 11) is 2.14. The first-order valence-corrected chi connectivity index (χ1v) is 9.04. The second-order valence-electron chi connectivity index (χ2n) is 7.16. The van der Waals surface area contributed by atoms with Crippen LogP contribution in [-0.2, 0) is 6.54 Å². The molecule has 2 atom stereocenters. The van der Waals surface area contributed by atoms with Gasteiger partial charge in [-0.2, -0.15) is 0 Å². The summed E-state index contributed by atoms with van der Waals surface area (Å²) in [5.74, 6) is 2.08. The van der Waals surface area contributed by atoms with Gasteiger partial charge in [0, 0.05) is 25.6 Å². The zero-order valence-corrected chi connectivity index (χ0v) is 15.0. The lowest BCUT2D eigenvalue weighted by Gasteiger charge is -2.25. The molecule has 5 rings (SSSR count). The monoisotopic (exact) mass is 367 g/mol. The van der Waals surface area contributed by atoms with Crippen LogP contribution in [0.1, 0.15) is 17.2 Å². The molecular formula is C19H21N5O3. The van der Waals surface area contributed by atoms with Crippen molar-refractivity contribution < 1.29 is 14.1 Å². The standard InChI is InChI=1S/C19H21N5O3/c1-24(9-12-2-4-15-16(6-12)23-27-22-15)10-14-8-20-21-19(14)13-3-5-17-18(7-13)26-11-25-17/h2-7,14,19-21H,8-11H2,1H3. The van der Waals surface area contributed by atoms with Crippen LogP contribution in [0.3, 0.4) is 0 Å². The number of benzene rings is 2. The molecule has 2 N–H and O–H groups in total. The molecule has 1 aromatic heterocycles. The first-order chi connectivity index (χ1) is 13.3. The minimum Gasteiger partial charge on any atom is -0.454 e. The Bertz CT molecular complexity index is 959. The summed E-state index contributed by atoms with van der Waals surface area (Å²) in [6.45, 7) is 3.00. The van der Waals surface area contributed by atoms with Gasteiger partial charge in [-0.25, -0.2) is 10.1 Å². The van der Waals surface area contributed by atoms with Crippen LogP contribution in [0, 0.1) is 5.92 Å². The lowest BCUT2D eigenvalue weighted by atomic mass is 9.94. The quantitative estimate of drug-likeness (QED) is 0.707. The molecule has 3 aromatic rings. The van der Waals surface area contributed by atoms with Gasteiger partial charge in [0.2, 0.25) is 6.79 Å². The molecule has 0 bridgehead atoms. The molecule has 8 heteroatoms. The number of aromatic nitrogens is 2. The summed E-state index contributed by atoms with van der Waals surface area (Å²) >= 11 is 0. The number of rotatable bonds is 5. The largest absolute Gasteiger partial charge is 0.454 e. The highest BCUT2D eigenvalue weighted by atomic mass is 16.7. The Hall–Kier alpha value is -2.68. The number of nitrogens with zero attached hydrogens (tertiary/aromatic N) is 3. The normalized spacial score (nSPS) is 21.4. The Kier molecular flexibility index (Phi) is 4.16. The Balaban J connectivity index is 1.27. The summed E-state index contributed by atoms with van der Waals surface area (Å²) in [6.07, 6.45) is 0. The molecular weight excluding hydrogens is 346 g/mol. The fraction of sp³-hybridized carbons (Fsp3) is 0.368. The van der Waals surface area contributed by atoms with E-state index in [-0.39, 0.29) is 6.04 Å². The summed E-state index contributed by atoms with van der Waals surface area (Å²) in [4.78, 5) is 2.33. The Morgan fingerprint density at radius 1 is 1.07 bits per heavy atom. The highest BCUT2D eigenvalue weighted by Crippen LogP contribution is 2.36. The number of fused-ring (bicyclic) bond motifs is 2. The summed E-state index contributed by atoms with van der Waals surface area (Å²) in [5.41, 5.74) is 10.7. The van der Waals surface area contributed by atoms with Crippen LogP contribution in [0.15, 0.2) is 41.0 Å². The van der Waals surface area contributed by atoms with E-state index in [0.717, 1.165) is 42.2 Å². The van der Waals surface area contributed by atoms with Crippen molar-refractivity contribution in [1.82, 2.24) is 26.1 Å². The molecule has 3 heterocycles. The topological polar surface area (TPSA) is 84.7 Å². The van der Waals surface area contributed by atoms with Crippen molar-refractivity contribution in [2.45, 2.75) is 12.6 Å². The molecule has 2 aliphatic rings. The summed E-state index contributed by atoms with van der Waals surface area (Å²) in [5, 5.41) is 7.78. The molecule has 140 valence electrons. The predicted molar refractivity (Wildman–Crippen MR) is 98.1 cm³/mol. The van der Waals surface area contributed by atoms with E-state index >= 15 is 0 Å². The molecule has 2 aliphatic heterocycles. The number of hydrogen-bond donors (Lipinski definition) is 2. The molecule has 8 nitrogen and oxygen atoms in total. The molecule has 0 saturated carbocycles. The van der Waals surface area contributed by atoms with Crippen molar-refractivity contribution in [2.75, 3.05) is 26.9 Å². The first kappa shape index (κ1) is 16.5. The van der Waals surface area contributed by atoms with E-state index in [9.17, 15) is 0 Å². The molecule has 1 saturated heterocycles.